The second-order valence-corrected chi connectivity index (χ2v) is 6.41. The van der Waals surface area contributed by atoms with Gasteiger partial charge < -0.3 is 0 Å². The first-order chi connectivity index (χ1) is 10.3. The molecule has 106 valence electrons. The predicted molar refractivity (Wildman–Crippen MR) is 90.0 cm³/mol. The first kappa shape index (κ1) is 14.0. The molecular formula is C19H19NS. The van der Waals surface area contributed by atoms with E-state index in [2.05, 4.69) is 79.9 Å². The second kappa shape index (κ2) is 6.23. The molecule has 2 heteroatoms. The van der Waals surface area contributed by atoms with Crippen LogP contribution in [0.3, 0.4) is 0 Å². The van der Waals surface area contributed by atoms with Gasteiger partial charge in [0.15, 0.2) is 0 Å². The molecule has 21 heavy (non-hydrogen) atoms. The summed E-state index contributed by atoms with van der Waals surface area (Å²) in [5, 5.41) is 3.42. The van der Waals surface area contributed by atoms with Crippen LogP contribution in [-0.2, 0) is 0 Å². The highest BCUT2D eigenvalue weighted by molar-refractivity contribution is 7.09. The smallest absolute Gasteiger partial charge is 0.0954 e. The Hall–Kier alpha value is -1.93. The topological polar surface area (TPSA) is 12.9 Å². The van der Waals surface area contributed by atoms with Crippen molar-refractivity contribution in [3.8, 4) is 0 Å². The Morgan fingerprint density at radius 1 is 0.810 bits per heavy atom. The number of aromatic nitrogens is 1. The van der Waals surface area contributed by atoms with Gasteiger partial charge in [-0.1, -0.05) is 74.5 Å². The monoisotopic (exact) mass is 293 g/mol. The third kappa shape index (κ3) is 3.06. The molecule has 0 N–H and O–H groups in total. The van der Waals surface area contributed by atoms with Crippen LogP contribution in [0.4, 0.5) is 0 Å². The molecule has 0 unspecified atom stereocenters. The fraction of sp³-hybridized carbons (Fsp3) is 0.211. The van der Waals surface area contributed by atoms with Crippen LogP contribution in [-0.4, -0.2) is 4.98 Å². The van der Waals surface area contributed by atoms with Gasteiger partial charge in [-0.25, -0.2) is 4.98 Å². The van der Waals surface area contributed by atoms with E-state index in [1.165, 1.54) is 16.1 Å². The van der Waals surface area contributed by atoms with Crippen LogP contribution >= 0.6 is 11.3 Å². The zero-order valence-corrected chi connectivity index (χ0v) is 13.2. The lowest BCUT2D eigenvalue weighted by Crippen LogP contribution is -2.04. The van der Waals surface area contributed by atoms with Crippen LogP contribution in [0, 0.1) is 0 Å². The molecule has 1 aromatic heterocycles. The van der Waals surface area contributed by atoms with Gasteiger partial charge in [0.1, 0.15) is 0 Å². The van der Waals surface area contributed by atoms with Crippen molar-refractivity contribution in [2.45, 2.75) is 25.7 Å². The van der Waals surface area contributed by atoms with Crippen molar-refractivity contribution in [3.63, 3.8) is 0 Å². The summed E-state index contributed by atoms with van der Waals surface area (Å²) in [5.41, 5.74) is 3.75. The summed E-state index contributed by atoms with van der Waals surface area (Å²) in [4.78, 5) is 4.88. The molecule has 0 saturated carbocycles. The molecule has 3 aromatic rings. The molecule has 0 bridgehead atoms. The number of thiazole rings is 1. The molecule has 3 rings (SSSR count). The fourth-order valence-electron chi connectivity index (χ4n) is 2.52. The van der Waals surface area contributed by atoms with Gasteiger partial charge in [0, 0.05) is 11.3 Å². The van der Waals surface area contributed by atoms with Crippen molar-refractivity contribution in [1.82, 2.24) is 4.98 Å². The zero-order chi connectivity index (χ0) is 14.7. The average molecular weight is 293 g/mol. The Kier molecular flexibility index (Phi) is 4.16. The van der Waals surface area contributed by atoms with Gasteiger partial charge in [0.05, 0.1) is 16.6 Å². The van der Waals surface area contributed by atoms with Crippen molar-refractivity contribution >= 4 is 11.3 Å². The SMILES string of the molecule is CC(C)c1nc(C(c2ccccc2)c2ccccc2)cs1. The van der Waals surface area contributed by atoms with Gasteiger partial charge in [-0.15, -0.1) is 11.3 Å². The predicted octanol–water partition coefficient (Wildman–Crippen LogP) is 5.45. The van der Waals surface area contributed by atoms with E-state index in [0.29, 0.717) is 5.92 Å². The maximum absolute atomic E-state index is 4.88. The summed E-state index contributed by atoms with van der Waals surface area (Å²) >= 11 is 1.76. The van der Waals surface area contributed by atoms with Crippen LogP contribution in [0.15, 0.2) is 66.0 Å². The Morgan fingerprint density at radius 3 is 1.76 bits per heavy atom. The van der Waals surface area contributed by atoms with Crippen molar-refractivity contribution in [3.05, 3.63) is 87.9 Å². The van der Waals surface area contributed by atoms with E-state index in [0.717, 1.165) is 5.69 Å². The van der Waals surface area contributed by atoms with E-state index in [9.17, 15) is 0 Å². The summed E-state index contributed by atoms with van der Waals surface area (Å²) in [6.07, 6.45) is 0. The molecule has 0 spiro atoms. The summed E-state index contributed by atoms with van der Waals surface area (Å²) in [7, 11) is 0. The largest absolute Gasteiger partial charge is 0.245 e. The fourth-order valence-corrected chi connectivity index (χ4v) is 3.38. The average Bonchev–Trinajstić information content (AvgIpc) is 3.00. The maximum atomic E-state index is 4.88. The Bertz CT molecular complexity index is 646. The van der Waals surface area contributed by atoms with Gasteiger partial charge in [0.2, 0.25) is 0 Å². The highest BCUT2D eigenvalue weighted by Gasteiger charge is 2.19. The number of rotatable bonds is 4. The highest BCUT2D eigenvalue weighted by Crippen LogP contribution is 2.33. The van der Waals surface area contributed by atoms with E-state index in [1.54, 1.807) is 11.3 Å². The zero-order valence-electron chi connectivity index (χ0n) is 12.4. The molecular weight excluding hydrogens is 274 g/mol. The summed E-state index contributed by atoms with van der Waals surface area (Å²) < 4.78 is 0. The number of benzene rings is 2. The molecule has 2 aromatic carbocycles. The minimum absolute atomic E-state index is 0.219. The molecule has 0 saturated heterocycles. The third-order valence-electron chi connectivity index (χ3n) is 3.60. The van der Waals surface area contributed by atoms with E-state index in [1.807, 2.05) is 0 Å². The Labute approximate surface area is 130 Å². The van der Waals surface area contributed by atoms with E-state index >= 15 is 0 Å². The summed E-state index contributed by atoms with van der Waals surface area (Å²) in [6.45, 7) is 4.39. The number of nitrogens with zero attached hydrogens (tertiary/aromatic N) is 1. The standard InChI is InChI=1S/C19H19NS/c1-14(2)19-20-17(13-21-19)18(15-9-5-3-6-10-15)16-11-7-4-8-12-16/h3-14,18H,1-2H3. The van der Waals surface area contributed by atoms with Crippen LogP contribution in [0.5, 0.6) is 0 Å². The molecule has 0 aliphatic heterocycles. The van der Waals surface area contributed by atoms with Gasteiger partial charge in [0.25, 0.3) is 0 Å². The Balaban J connectivity index is 2.08. The van der Waals surface area contributed by atoms with Gasteiger partial charge >= 0.3 is 0 Å². The lowest BCUT2D eigenvalue weighted by Gasteiger charge is -2.16. The molecule has 1 heterocycles. The van der Waals surface area contributed by atoms with Crippen LogP contribution < -0.4 is 0 Å². The maximum Gasteiger partial charge on any atom is 0.0954 e. The molecule has 0 aliphatic carbocycles. The minimum atomic E-state index is 0.219. The third-order valence-corrected chi connectivity index (χ3v) is 4.76. The molecule has 0 aliphatic rings. The van der Waals surface area contributed by atoms with Crippen LogP contribution in [0.1, 0.15) is 47.5 Å². The Morgan fingerprint density at radius 2 is 1.33 bits per heavy atom. The molecule has 1 nitrogen and oxygen atoms in total. The normalized spacial score (nSPS) is 11.2. The van der Waals surface area contributed by atoms with Crippen LogP contribution in [0.25, 0.3) is 0 Å². The number of hydrogen-bond acceptors (Lipinski definition) is 2. The van der Waals surface area contributed by atoms with E-state index in [-0.39, 0.29) is 5.92 Å². The molecule has 0 amide bonds. The summed E-state index contributed by atoms with van der Waals surface area (Å²) in [5.74, 6) is 0.701. The highest BCUT2D eigenvalue weighted by atomic mass is 32.1. The van der Waals surface area contributed by atoms with Crippen molar-refractivity contribution in [1.29, 1.82) is 0 Å². The lowest BCUT2D eigenvalue weighted by atomic mass is 9.89. The lowest BCUT2D eigenvalue weighted by molar-refractivity contribution is 0.827. The van der Waals surface area contributed by atoms with Crippen molar-refractivity contribution in [2.75, 3.05) is 0 Å². The first-order valence-corrected chi connectivity index (χ1v) is 8.19. The number of hydrogen-bond donors (Lipinski definition) is 0. The van der Waals surface area contributed by atoms with Crippen molar-refractivity contribution < 1.29 is 0 Å². The first-order valence-electron chi connectivity index (χ1n) is 7.31. The van der Waals surface area contributed by atoms with Crippen molar-refractivity contribution in [2.24, 2.45) is 0 Å². The quantitative estimate of drug-likeness (QED) is 0.623. The molecule has 0 radical (unpaired) electrons. The van der Waals surface area contributed by atoms with Gasteiger partial charge in [-0.3, -0.25) is 0 Å². The molecule has 0 fully saturated rings. The minimum Gasteiger partial charge on any atom is -0.245 e. The van der Waals surface area contributed by atoms with Crippen LogP contribution in [0.2, 0.25) is 0 Å². The molecule has 0 atom stereocenters. The van der Waals surface area contributed by atoms with Gasteiger partial charge in [-0.2, -0.15) is 0 Å². The van der Waals surface area contributed by atoms with E-state index < -0.39 is 0 Å². The summed E-state index contributed by atoms with van der Waals surface area (Å²) in [6, 6.07) is 21.3. The van der Waals surface area contributed by atoms with E-state index in [4.69, 9.17) is 4.98 Å². The van der Waals surface area contributed by atoms with Gasteiger partial charge in [-0.05, 0) is 11.1 Å². The second-order valence-electron chi connectivity index (χ2n) is 5.52.